The van der Waals surface area contributed by atoms with Crippen molar-refractivity contribution in [2.75, 3.05) is 4.90 Å². The van der Waals surface area contributed by atoms with Gasteiger partial charge in [-0.05, 0) is 97.0 Å². The maximum absolute atomic E-state index is 5.32. The van der Waals surface area contributed by atoms with Crippen LogP contribution in [0.25, 0.3) is 66.0 Å². The summed E-state index contributed by atoms with van der Waals surface area (Å²) in [7, 11) is 0. The third-order valence-electron chi connectivity index (χ3n) is 11.2. The van der Waals surface area contributed by atoms with Crippen LogP contribution >= 0.6 is 11.8 Å². The quantitative estimate of drug-likeness (QED) is 0.172. The van der Waals surface area contributed by atoms with Crippen LogP contribution in [0, 0.1) is 0 Å². The van der Waals surface area contributed by atoms with Crippen molar-refractivity contribution in [1.82, 2.24) is 9.97 Å². The van der Waals surface area contributed by atoms with Gasteiger partial charge in [-0.25, -0.2) is 9.97 Å². The average molecular weight is 696 g/mol. The average Bonchev–Trinajstić information content (AvgIpc) is 3.43. The zero-order valence-electron chi connectivity index (χ0n) is 29.3. The highest BCUT2D eigenvalue weighted by Gasteiger charge is 2.39. The summed E-state index contributed by atoms with van der Waals surface area (Å²) in [6.45, 7) is 4.76. The summed E-state index contributed by atoms with van der Waals surface area (Å²) in [4.78, 5) is 15.3. The maximum Gasteiger partial charge on any atom is 0.235 e. The van der Waals surface area contributed by atoms with E-state index in [0.717, 1.165) is 33.9 Å². The van der Waals surface area contributed by atoms with Crippen LogP contribution in [0.3, 0.4) is 0 Å². The first-order valence-corrected chi connectivity index (χ1v) is 19.0. The fraction of sp³-hybridized carbons (Fsp3) is 0.0612. The summed E-state index contributed by atoms with van der Waals surface area (Å²) in [5.74, 6) is 0.663. The normalized spacial score (nSPS) is 13.9. The molecule has 0 unspecified atom stereocenters. The topological polar surface area (TPSA) is 29.0 Å². The summed E-state index contributed by atoms with van der Waals surface area (Å²) in [6.07, 6.45) is 0. The molecular weight excluding hydrogens is 663 g/mol. The first kappa shape index (κ1) is 30.4. The van der Waals surface area contributed by atoms with E-state index in [4.69, 9.17) is 9.97 Å². The molecule has 9 aromatic rings. The lowest BCUT2D eigenvalue weighted by molar-refractivity contribution is 0.661. The van der Waals surface area contributed by atoms with E-state index in [9.17, 15) is 0 Å². The SMILES string of the molecule is CC1(C)c2cc3c(cc2-c2cc4c5ccccc5c5ccccc5c4cc21)Sc1ccccc1N3c1nc(-c2ccccc2)cc(-c2ccccc2)n1. The van der Waals surface area contributed by atoms with Crippen molar-refractivity contribution in [3.8, 4) is 33.6 Å². The second-order valence-electron chi connectivity index (χ2n) is 14.6. The first-order chi connectivity index (χ1) is 26.0. The van der Waals surface area contributed by atoms with E-state index < -0.39 is 0 Å². The minimum Gasteiger partial charge on any atom is -0.277 e. The van der Waals surface area contributed by atoms with E-state index >= 15 is 0 Å². The van der Waals surface area contributed by atoms with Crippen molar-refractivity contribution < 1.29 is 0 Å². The van der Waals surface area contributed by atoms with Gasteiger partial charge in [-0.15, -0.1) is 0 Å². The predicted molar refractivity (Wildman–Crippen MR) is 222 cm³/mol. The van der Waals surface area contributed by atoms with Gasteiger partial charge in [0.2, 0.25) is 5.95 Å². The van der Waals surface area contributed by atoms with Crippen molar-refractivity contribution >= 4 is 61.4 Å². The van der Waals surface area contributed by atoms with Gasteiger partial charge in [-0.1, -0.05) is 147 Å². The number of para-hydroxylation sites is 1. The molecule has 0 saturated carbocycles. The second kappa shape index (κ2) is 11.4. The zero-order valence-corrected chi connectivity index (χ0v) is 30.2. The third kappa shape index (κ3) is 4.55. The summed E-state index contributed by atoms with van der Waals surface area (Å²) in [5.41, 5.74) is 11.2. The van der Waals surface area contributed by atoms with Gasteiger partial charge in [0.25, 0.3) is 0 Å². The van der Waals surface area contributed by atoms with Gasteiger partial charge in [0, 0.05) is 26.3 Å². The third-order valence-corrected chi connectivity index (χ3v) is 12.4. The van der Waals surface area contributed by atoms with Crippen LogP contribution in [0.2, 0.25) is 0 Å². The number of nitrogens with zero attached hydrogens (tertiary/aromatic N) is 3. The Bertz CT molecular complexity index is 2890. The molecule has 0 N–H and O–H groups in total. The fourth-order valence-electron chi connectivity index (χ4n) is 8.64. The highest BCUT2D eigenvalue weighted by molar-refractivity contribution is 7.99. The number of aromatic nitrogens is 2. The Hall–Kier alpha value is -6.23. The maximum atomic E-state index is 5.32. The van der Waals surface area contributed by atoms with Crippen LogP contribution in [0.1, 0.15) is 25.0 Å². The Balaban J connectivity index is 1.16. The molecule has 0 spiro atoms. The Morgan fingerprint density at radius 2 is 0.925 bits per heavy atom. The summed E-state index contributed by atoms with van der Waals surface area (Å²) < 4.78 is 0. The molecule has 53 heavy (non-hydrogen) atoms. The lowest BCUT2D eigenvalue weighted by Crippen LogP contribution is -2.20. The fourth-order valence-corrected chi connectivity index (χ4v) is 9.72. The first-order valence-electron chi connectivity index (χ1n) is 18.2. The van der Waals surface area contributed by atoms with E-state index in [0.29, 0.717) is 5.95 Å². The van der Waals surface area contributed by atoms with E-state index in [2.05, 4.69) is 170 Å². The highest BCUT2D eigenvalue weighted by Crippen LogP contribution is 2.58. The smallest absolute Gasteiger partial charge is 0.235 e. The molecule has 2 aliphatic rings. The van der Waals surface area contributed by atoms with E-state index in [-0.39, 0.29) is 5.41 Å². The Morgan fingerprint density at radius 1 is 0.434 bits per heavy atom. The van der Waals surface area contributed by atoms with Crippen LogP contribution in [0.5, 0.6) is 0 Å². The molecule has 0 amide bonds. The number of fused-ring (bicyclic) bond motifs is 11. The van der Waals surface area contributed by atoms with Gasteiger partial charge in [0.05, 0.1) is 22.8 Å². The van der Waals surface area contributed by atoms with E-state index in [1.165, 1.54) is 64.4 Å². The molecule has 250 valence electrons. The van der Waals surface area contributed by atoms with Gasteiger partial charge in [0.1, 0.15) is 0 Å². The Morgan fingerprint density at radius 3 is 1.55 bits per heavy atom. The van der Waals surface area contributed by atoms with Crippen LogP contribution in [0.4, 0.5) is 17.3 Å². The number of anilines is 3. The van der Waals surface area contributed by atoms with Crippen molar-refractivity contribution in [1.29, 1.82) is 0 Å². The molecule has 11 rings (SSSR count). The van der Waals surface area contributed by atoms with Crippen LogP contribution in [-0.4, -0.2) is 9.97 Å². The molecule has 1 aliphatic carbocycles. The minimum absolute atomic E-state index is 0.226. The summed E-state index contributed by atoms with van der Waals surface area (Å²) >= 11 is 1.83. The summed E-state index contributed by atoms with van der Waals surface area (Å²) in [6, 6.07) is 59.2. The molecule has 0 radical (unpaired) electrons. The molecule has 0 bridgehead atoms. The molecular formula is C49H33N3S. The summed E-state index contributed by atoms with van der Waals surface area (Å²) in [5, 5.41) is 7.82. The van der Waals surface area contributed by atoms with Gasteiger partial charge in [0.15, 0.2) is 0 Å². The van der Waals surface area contributed by atoms with Crippen molar-refractivity contribution in [3.05, 3.63) is 175 Å². The molecule has 4 heteroatoms. The van der Waals surface area contributed by atoms with Crippen LogP contribution in [0.15, 0.2) is 174 Å². The minimum atomic E-state index is -0.226. The van der Waals surface area contributed by atoms with E-state index in [1.807, 2.05) is 23.9 Å². The Kier molecular flexibility index (Phi) is 6.53. The molecule has 0 saturated heterocycles. The van der Waals surface area contributed by atoms with Gasteiger partial charge in [-0.2, -0.15) is 0 Å². The number of hydrogen-bond acceptors (Lipinski definition) is 4. The molecule has 1 aromatic heterocycles. The molecule has 1 aliphatic heterocycles. The van der Waals surface area contributed by atoms with Crippen molar-refractivity contribution in [3.63, 3.8) is 0 Å². The Labute approximate surface area is 312 Å². The lowest BCUT2D eigenvalue weighted by atomic mass is 9.81. The predicted octanol–water partition coefficient (Wildman–Crippen LogP) is 13.5. The van der Waals surface area contributed by atoms with Crippen molar-refractivity contribution in [2.45, 2.75) is 29.1 Å². The number of benzene rings is 8. The monoisotopic (exact) mass is 695 g/mol. The molecule has 2 heterocycles. The molecule has 0 fully saturated rings. The number of hydrogen-bond donors (Lipinski definition) is 0. The van der Waals surface area contributed by atoms with Crippen molar-refractivity contribution in [2.24, 2.45) is 0 Å². The largest absolute Gasteiger partial charge is 0.277 e. The van der Waals surface area contributed by atoms with Crippen LogP contribution < -0.4 is 4.90 Å². The van der Waals surface area contributed by atoms with Gasteiger partial charge < -0.3 is 0 Å². The molecule has 0 atom stereocenters. The second-order valence-corrected chi connectivity index (χ2v) is 15.7. The zero-order chi connectivity index (χ0) is 35.3. The van der Waals surface area contributed by atoms with E-state index in [1.54, 1.807) is 0 Å². The number of rotatable bonds is 3. The standard InChI is InChI=1S/C49H33N3S/c1-49(2)40-26-37-35-22-12-10-20-33(35)32-19-9-11-21-34(32)36(37)25-38(40)39-27-47-45(28-41(39)49)52(44-23-13-14-24-46(44)53-47)48-50-42(30-15-5-3-6-16-30)29-43(51-48)31-17-7-4-8-18-31/h3-29H,1-2H3. The molecule has 3 nitrogen and oxygen atoms in total. The lowest BCUT2D eigenvalue weighted by Gasteiger charge is -2.33. The van der Waals surface area contributed by atoms with Gasteiger partial charge >= 0.3 is 0 Å². The highest BCUT2D eigenvalue weighted by atomic mass is 32.2. The van der Waals surface area contributed by atoms with Gasteiger partial charge in [-0.3, -0.25) is 4.90 Å². The molecule has 8 aromatic carbocycles. The van der Waals surface area contributed by atoms with Crippen LogP contribution in [-0.2, 0) is 5.41 Å².